The molecule has 7 heteroatoms. The van der Waals surface area contributed by atoms with Crippen LogP contribution in [-0.2, 0) is 9.53 Å². The molecule has 0 saturated heterocycles. The number of aliphatic hydroxyl groups is 1. The van der Waals surface area contributed by atoms with Crippen molar-refractivity contribution in [2.45, 2.75) is 33.3 Å². The molecule has 30 heavy (non-hydrogen) atoms. The van der Waals surface area contributed by atoms with Crippen molar-refractivity contribution in [2.75, 3.05) is 0 Å². The Hall–Kier alpha value is -3.25. The van der Waals surface area contributed by atoms with Gasteiger partial charge in [0.15, 0.2) is 5.84 Å². The molecule has 1 aliphatic rings. The Morgan fingerprint density at radius 2 is 1.73 bits per heavy atom. The summed E-state index contributed by atoms with van der Waals surface area (Å²) >= 11 is 5.96. The lowest BCUT2D eigenvalue weighted by Gasteiger charge is -2.21. The van der Waals surface area contributed by atoms with Gasteiger partial charge in [-0.3, -0.25) is 4.79 Å². The Morgan fingerprint density at radius 3 is 2.33 bits per heavy atom. The fraction of sp³-hybridized carbons (Fsp3) is 0.217. The Morgan fingerprint density at radius 1 is 1.07 bits per heavy atom. The second-order valence-corrected chi connectivity index (χ2v) is 8.16. The first-order valence-electron chi connectivity index (χ1n) is 9.27. The van der Waals surface area contributed by atoms with Gasteiger partial charge in [-0.25, -0.2) is 9.79 Å². The van der Waals surface area contributed by atoms with E-state index < -0.39 is 17.5 Å². The van der Waals surface area contributed by atoms with Crippen molar-refractivity contribution in [3.8, 4) is 0 Å². The van der Waals surface area contributed by atoms with Crippen LogP contribution in [0.3, 0.4) is 0 Å². The summed E-state index contributed by atoms with van der Waals surface area (Å²) < 4.78 is 5.43. The molecular formula is C23H21ClN2O4. The summed E-state index contributed by atoms with van der Waals surface area (Å²) in [5.74, 6) is -1.32. The molecule has 0 atom stereocenters. The first kappa shape index (κ1) is 21.5. The Balaban J connectivity index is 2.08. The van der Waals surface area contributed by atoms with Gasteiger partial charge in [0.1, 0.15) is 16.9 Å². The normalized spacial score (nSPS) is 15.4. The third kappa shape index (κ3) is 4.66. The van der Waals surface area contributed by atoms with Crippen molar-refractivity contribution in [3.05, 3.63) is 81.6 Å². The molecule has 0 fully saturated rings. The average Bonchev–Trinajstić information content (AvgIpc) is 2.98. The number of hydrogen-bond acceptors (Lipinski definition) is 4. The Bertz CT molecular complexity index is 1120. The number of rotatable bonds is 3. The van der Waals surface area contributed by atoms with Crippen LogP contribution in [0.1, 0.15) is 49.2 Å². The van der Waals surface area contributed by atoms with Crippen molar-refractivity contribution in [2.24, 2.45) is 9.98 Å². The lowest BCUT2D eigenvalue weighted by atomic mass is 9.99. The summed E-state index contributed by atoms with van der Waals surface area (Å²) in [5, 5.41) is 10.6. The fourth-order valence-corrected chi connectivity index (χ4v) is 3.10. The second-order valence-electron chi connectivity index (χ2n) is 7.72. The third-order valence-electron chi connectivity index (χ3n) is 4.12. The number of nitrogens with zero attached hydrogens (tertiary/aromatic N) is 2. The molecule has 6 nitrogen and oxygen atoms in total. The number of carbonyl (C=O) groups excluding carboxylic acids is 2. The maximum absolute atomic E-state index is 12.7. The van der Waals surface area contributed by atoms with Crippen molar-refractivity contribution in [1.82, 2.24) is 0 Å². The van der Waals surface area contributed by atoms with Gasteiger partial charge >= 0.3 is 5.97 Å². The molecule has 1 amide bonds. The summed E-state index contributed by atoms with van der Waals surface area (Å²) in [6.45, 7) is 6.58. The maximum Gasteiger partial charge on any atom is 0.344 e. The molecule has 2 aromatic rings. The van der Waals surface area contributed by atoms with Crippen molar-refractivity contribution >= 4 is 35.0 Å². The minimum Gasteiger partial charge on any atom is -0.512 e. The van der Waals surface area contributed by atoms with E-state index in [-0.39, 0.29) is 22.9 Å². The highest BCUT2D eigenvalue weighted by Gasteiger charge is 2.32. The number of aliphatic hydroxyl groups excluding tert-OH is 1. The number of ether oxygens (including phenoxy) is 1. The molecule has 1 aliphatic heterocycles. The van der Waals surface area contributed by atoms with Crippen LogP contribution >= 0.6 is 11.6 Å². The van der Waals surface area contributed by atoms with Crippen LogP contribution in [0.5, 0.6) is 0 Å². The van der Waals surface area contributed by atoms with Crippen LogP contribution in [0.4, 0.5) is 0 Å². The molecule has 154 valence electrons. The molecule has 0 unspecified atom stereocenters. The Kier molecular flexibility index (Phi) is 5.89. The zero-order valence-corrected chi connectivity index (χ0v) is 17.8. The number of amides is 1. The van der Waals surface area contributed by atoms with Gasteiger partial charge in [0.25, 0.3) is 5.91 Å². The number of fused-ring (bicyclic) bond motifs is 1. The molecule has 0 aromatic heterocycles. The predicted octanol–water partition coefficient (Wildman–Crippen LogP) is 4.90. The monoisotopic (exact) mass is 424 g/mol. The molecule has 0 radical (unpaired) electrons. The quantitative estimate of drug-likeness (QED) is 0.431. The lowest BCUT2D eigenvalue weighted by Crippen LogP contribution is -2.28. The standard InChI is InChI=1S/C23H21ClN2O4/c1-13(27)18(22(29)30-23(2,3)4)19-16-10-5-6-11-17(16)20(25-19)26-21(28)14-8-7-9-15(24)12-14/h5-12,27H,1-4H3/b18-13+,26-20?. The molecule has 1 heterocycles. The van der Waals surface area contributed by atoms with Gasteiger partial charge in [-0.2, -0.15) is 4.99 Å². The van der Waals surface area contributed by atoms with Gasteiger partial charge in [-0.15, -0.1) is 0 Å². The summed E-state index contributed by atoms with van der Waals surface area (Å²) in [6, 6.07) is 13.5. The smallest absolute Gasteiger partial charge is 0.344 e. The highest BCUT2D eigenvalue weighted by molar-refractivity contribution is 6.36. The maximum atomic E-state index is 12.7. The minimum atomic E-state index is -0.754. The van der Waals surface area contributed by atoms with Crippen molar-refractivity contribution < 1.29 is 19.4 Å². The predicted molar refractivity (Wildman–Crippen MR) is 116 cm³/mol. The zero-order valence-electron chi connectivity index (χ0n) is 17.1. The van der Waals surface area contributed by atoms with Crippen molar-refractivity contribution in [3.63, 3.8) is 0 Å². The van der Waals surface area contributed by atoms with E-state index in [0.717, 1.165) is 0 Å². The molecule has 0 aliphatic carbocycles. The Labute approximate surface area is 179 Å². The second kappa shape index (κ2) is 8.24. The van der Waals surface area contributed by atoms with E-state index in [2.05, 4.69) is 9.98 Å². The molecule has 0 spiro atoms. The van der Waals surface area contributed by atoms with Crippen LogP contribution in [0.2, 0.25) is 5.02 Å². The number of carbonyl (C=O) groups is 2. The third-order valence-corrected chi connectivity index (χ3v) is 4.36. The largest absolute Gasteiger partial charge is 0.512 e. The van der Waals surface area contributed by atoms with Crippen LogP contribution in [0.15, 0.2) is 69.8 Å². The highest BCUT2D eigenvalue weighted by atomic mass is 35.5. The number of allylic oxidation sites excluding steroid dienone is 1. The molecule has 0 saturated carbocycles. The topological polar surface area (TPSA) is 88.3 Å². The SMILES string of the molecule is C/C(O)=C(\C(=O)OC(C)(C)C)C1=NC(=NC(=O)c2cccc(Cl)c2)c2ccccc21. The first-order chi connectivity index (χ1) is 14.1. The van der Waals surface area contributed by atoms with E-state index in [1.165, 1.54) is 13.0 Å². The van der Waals surface area contributed by atoms with Crippen LogP contribution in [-0.4, -0.2) is 34.1 Å². The van der Waals surface area contributed by atoms with Crippen LogP contribution < -0.4 is 0 Å². The van der Waals surface area contributed by atoms with Crippen LogP contribution in [0, 0.1) is 0 Å². The van der Waals surface area contributed by atoms with E-state index in [1.807, 2.05) is 0 Å². The molecule has 2 aromatic carbocycles. The minimum absolute atomic E-state index is 0.0715. The summed E-state index contributed by atoms with van der Waals surface area (Å²) in [7, 11) is 0. The number of benzene rings is 2. The van der Waals surface area contributed by atoms with E-state index in [0.29, 0.717) is 21.7 Å². The van der Waals surface area contributed by atoms with Gasteiger partial charge in [-0.05, 0) is 45.9 Å². The summed E-state index contributed by atoms with van der Waals surface area (Å²) in [6.07, 6.45) is 0. The van der Waals surface area contributed by atoms with E-state index in [4.69, 9.17) is 16.3 Å². The van der Waals surface area contributed by atoms with E-state index in [9.17, 15) is 14.7 Å². The molecule has 1 N–H and O–H groups in total. The average molecular weight is 425 g/mol. The van der Waals surface area contributed by atoms with Gasteiger partial charge in [0, 0.05) is 21.7 Å². The molecule has 0 bridgehead atoms. The number of halogens is 1. The van der Waals surface area contributed by atoms with Gasteiger partial charge in [0.05, 0.1) is 5.71 Å². The highest BCUT2D eigenvalue weighted by Crippen LogP contribution is 2.27. The van der Waals surface area contributed by atoms with Gasteiger partial charge in [-0.1, -0.05) is 41.9 Å². The molecular weight excluding hydrogens is 404 g/mol. The molecule has 3 rings (SSSR count). The number of amidine groups is 1. The van der Waals surface area contributed by atoms with Crippen LogP contribution in [0.25, 0.3) is 0 Å². The lowest BCUT2D eigenvalue weighted by molar-refractivity contribution is -0.149. The first-order valence-corrected chi connectivity index (χ1v) is 9.65. The number of hydrogen-bond donors (Lipinski definition) is 1. The summed E-state index contributed by atoms with van der Waals surface area (Å²) in [5.41, 5.74) is 0.845. The summed E-state index contributed by atoms with van der Waals surface area (Å²) in [4.78, 5) is 33.9. The van der Waals surface area contributed by atoms with E-state index in [1.54, 1.807) is 63.2 Å². The van der Waals surface area contributed by atoms with Gasteiger partial charge < -0.3 is 9.84 Å². The van der Waals surface area contributed by atoms with Crippen molar-refractivity contribution in [1.29, 1.82) is 0 Å². The number of aliphatic imine (C=N–C) groups is 2. The number of esters is 1. The van der Waals surface area contributed by atoms with E-state index >= 15 is 0 Å². The van der Waals surface area contributed by atoms with Gasteiger partial charge in [0.2, 0.25) is 0 Å². The zero-order chi connectivity index (χ0) is 22.1. The fourth-order valence-electron chi connectivity index (χ4n) is 2.91.